The van der Waals surface area contributed by atoms with E-state index in [0.29, 0.717) is 5.52 Å². The van der Waals surface area contributed by atoms with Crippen molar-refractivity contribution >= 4 is 36.3 Å². The van der Waals surface area contributed by atoms with Gasteiger partial charge in [-0.05, 0) is 6.42 Å². The van der Waals surface area contributed by atoms with Crippen LogP contribution in [-0.2, 0) is 11.1 Å². The predicted octanol–water partition coefficient (Wildman–Crippen LogP) is 1.48. The molecule has 2 aromatic rings. The molecule has 0 fully saturated rings. The molecule has 8 nitrogen and oxygen atoms in total. The molecule has 0 atom stereocenters. The quantitative estimate of drug-likeness (QED) is 0.557. The van der Waals surface area contributed by atoms with Gasteiger partial charge in [0.05, 0.1) is 19.0 Å². The van der Waals surface area contributed by atoms with Gasteiger partial charge in [0.25, 0.3) is 0 Å². The zero-order chi connectivity index (χ0) is 15.6. The van der Waals surface area contributed by atoms with Gasteiger partial charge < -0.3 is 20.1 Å². The molecule has 0 aromatic carbocycles. The van der Waals surface area contributed by atoms with Crippen LogP contribution in [0.3, 0.4) is 0 Å². The number of nitrogens with zero attached hydrogens (tertiary/aromatic N) is 4. The summed E-state index contributed by atoms with van der Waals surface area (Å²) in [7, 11) is -4.13. The van der Waals surface area contributed by atoms with Crippen LogP contribution in [0, 0.1) is 0 Å². The van der Waals surface area contributed by atoms with E-state index in [9.17, 15) is 8.96 Å². The molecule has 0 aliphatic rings. The van der Waals surface area contributed by atoms with E-state index >= 15 is 0 Å². The molecule has 0 spiro atoms. The Hall–Kier alpha value is -1.54. The molecule has 21 heavy (non-hydrogen) atoms. The Bertz CT molecular complexity index is 744. The number of halogens is 2. The average molecular weight is 336 g/mol. The highest BCUT2D eigenvalue weighted by Crippen LogP contribution is 2.35. The van der Waals surface area contributed by atoms with Crippen LogP contribution in [0.25, 0.3) is 11.2 Å². The number of rotatable bonds is 5. The first-order valence-electron chi connectivity index (χ1n) is 5.79. The summed E-state index contributed by atoms with van der Waals surface area (Å²) in [6.45, 7) is -0.190. The Kier molecular flexibility index (Phi) is 4.58. The number of imidazole rings is 1. The first kappa shape index (κ1) is 15.8. The van der Waals surface area contributed by atoms with Gasteiger partial charge in [-0.2, -0.15) is 9.97 Å². The highest BCUT2D eigenvalue weighted by molar-refractivity contribution is 7.51. The van der Waals surface area contributed by atoms with Crippen molar-refractivity contribution in [2.24, 2.45) is 0 Å². The molecule has 4 N–H and O–H groups in total. The molecular formula is C10H12ClFN5O3P. The normalized spacial score (nSPS) is 13.0. The van der Waals surface area contributed by atoms with Gasteiger partial charge in [-0.1, -0.05) is 17.7 Å². The maximum absolute atomic E-state index is 13.7. The highest BCUT2D eigenvalue weighted by atomic mass is 35.5. The van der Waals surface area contributed by atoms with Gasteiger partial charge in [0.15, 0.2) is 10.8 Å². The minimum atomic E-state index is -4.13. The second-order valence-electron chi connectivity index (χ2n) is 4.25. The lowest BCUT2D eigenvalue weighted by Crippen LogP contribution is -2.02. The molecule has 2 heterocycles. The summed E-state index contributed by atoms with van der Waals surface area (Å²) < 4.78 is 25.8. The van der Waals surface area contributed by atoms with E-state index in [0.717, 1.165) is 6.08 Å². The third-order valence-corrected chi connectivity index (χ3v) is 3.65. The van der Waals surface area contributed by atoms with Gasteiger partial charge in [0.2, 0.25) is 5.95 Å². The van der Waals surface area contributed by atoms with Crippen molar-refractivity contribution in [3.63, 3.8) is 0 Å². The van der Waals surface area contributed by atoms with Crippen LogP contribution in [0.1, 0.15) is 6.42 Å². The molecule has 0 radical (unpaired) electrons. The fraction of sp³-hybridized carbons (Fsp3) is 0.300. The molecular weight excluding hydrogens is 324 g/mol. The fourth-order valence-electron chi connectivity index (χ4n) is 1.66. The largest absolute Gasteiger partial charge is 0.368 e. The molecule has 0 saturated heterocycles. The lowest BCUT2D eigenvalue weighted by Gasteiger charge is -2.03. The monoisotopic (exact) mass is 335 g/mol. The first-order valence-corrected chi connectivity index (χ1v) is 7.97. The van der Waals surface area contributed by atoms with Crippen LogP contribution in [0.2, 0.25) is 5.15 Å². The van der Waals surface area contributed by atoms with E-state index < -0.39 is 19.6 Å². The van der Waals surface area contributed by atoms with Crippen molar-refractivity contribution < 1.29 is 18.7 Å². The SMILES string of the molecule is Nc1nc(Cl)c2ncn(C/C(F)=C/CCP(=O)(O)O)c2n1. The van der Waals surface area contributed by atoms with E-state index in [-0.39, 0.29) is 29.7 Å². The Morgan fingerprint density at radius 2 is 2.24 bits per heavy atom. The van der Waals surface area contributed by atoms with Crippen molar-refractivity contribution in [1.29, 1.82) is 0 Å². The topological polar surface area (TPSA) is 127 Å². The number of anilines is 1. The Labute approximate surface area is 123 Å². The van der Waals surface area contributed by atoms with Crippen LogP contribution >= 0.6 is 19.2 Å². The van der Waals surface area contributed by atoms with E-state index in [1.807, 2.05) is 0 Å². The summed E-state index contributed by atoms with van der Waals surface area (Å²) in [6, 6.07) is 0. The van der Waals surface area contributed by atoms with E-state index in [1.54, 1.807) is 0 Å². The van der Waals surface area contributed by atoms with Crippen molar-refractivity contribution in [1.82, 2.24) is 19.5 Å². The van der Waals surface area contributed by atoms with E-state index in [4.69, 9.17) is 27.1 Å². The van der Waals surface area contributed by atoms with Crippen LogP contribution in [0.15, 0.2) is 18.2 Å². The summed E-state index contributed by atoms with van der Waals surface area (Å²) in [5.41, 5.74) is 6.05. The lowest BCUT2D eigenvalue weighted by atomic mass is 10.4. The molecule has 0 saturated carbocycles. The van der Waals surface area contributed by atoms with Gasteiger partial charge in [0, 0.05) is 0 Å². The van der Waals surface area contributed by atoms with Gasteiger partial charge in [0.1, 0.15) is 11.3 Å². The third kappa shape index (κ3) is 4.21. The summed E-state index contributed by atoms with van der Waals surface area (Å²) in [5.74, 6) is -0.629. The summed E-state index contributed by atoms with van der Waals surface area (Å²) in [4.78, 5) is 29.0. The maximum atomic E-state index is 13.7. The number of aromatic nitrogens is 4. The number of hydrogen-bond acceptors (Lipinski definition) is 5. The van der Waals surface area contributed by atoms with E-state index in [2.05, 4.69) is 15.0 Å². The molecule has 0 amide bonds. The van der Waals surface area contributed by atoms with Gasteiger partial charge >= 0.3 is 7.60 Å². The van der Waals surface area contributed by atoms with Gasteiger partial charge in [-0.3, -0.25) is 4.57 Å². The summed E-state index contributed by atoms with van der Waals surface area (Å²) in [6.07, 6.45) is 1.96. The highest BCUT2D eigenvalue weighted by Gasteiger charge is 2.13. The maximum Gasteiger partial charge on any atom is 0.325 e. The van der Waals surface area contributed by atoms with Crippen molar-refractivity contribution in [3.8, 4) is 0 Å². The molecule has 2 rings (SSSR count). The van der Waals surface area contributed by atoms with E-state index in [1.165, 1.54) is 10.9 Å². The van der Waals surface area contributed by atoms with Crippen molar-refractivity contribution in [3.05, 3.63) is 23.4 Å². The average Bonchev–Trinajstić information content (AvgIpc) is 2.71. The number of fused-ring (bicyclic) bond motifs is 1. The Morgan fingerprint density at radius 3 is 2.90 bits per heavy atom. The zero-order valence-electron chi connectivity index (χ0n) is 10.6. The lowest BCUT2D eigenvalue weighted by molar-refractivity contribution is 0.373. The standard InChI is InChI=1S/C10H12ClFN5O3P/c11-8-7-9(16-10(13)15-8)17(5-14-7)4-6(12)2-1-3-21(18,19)20/h2,5H,1,3-4H2,(H2,13,15,16)(H2,18,19,20)/b6-2-. The number of hydrogen-bond donors (Lipinski definition) is 3. The second kappa shape index (κ2) is 6.07. The molecule has 0 aliphatic heterocycles. The molecule has 11 heteroatoms. The van der Waals surface area contributed by atoms with Crippen LogP contribution in [0.5, 0.6) is 0 Å². The zero-order valence-corrected chi connectivity index (χ0v) is 12.3. The van der Waals surface area contributed by atoms with Gasteiger partial charge in [-0.15, -0.1) is 0 Å². The number of nitrogens with two attached hydrogens (primary N) is 1. The molecule has 0 unspecified atom stereocenters. The summed E-state index contributed by atoms with van der Waals surface area (Å²) >= 11 is 5.84. The fourth-order valence-corrected chi connectivity index (χ4v) is 2.34. The van der Waals surface area contributed by atoms with Crippen LogP contribution in [0.4, 0.5) is 10.3 Å². The predicted molar refractivity (Wildman–Crippen MR) is 75.5 cm³/mol. The third-order valence-electron chi connectivity index (χ3n) is 2.55. The number of nitrogen functional groups attached to an aromatic ring is 1. The molecule has 114 valence electrons. The van der Waals surface area contributed by atoms with Crippen LogP contribution in [-0.4, -0.2) is 35.5 Å². The minimum Gasteiger partial charge on any atom is -0.368 e. The van der Waals surface area contributed by atoms with Gasteiger partial charge in [-0.25, -0.2) is 9.37 Å². The molecule has 0 bridgehead atoms. The second-order valence-corrected chi connectivity index (χ2v) is 6.38. The smallest absolute Gasteiger partial charge is 0.325 e. The Morgan fingerprint density at radius 1 is 1.52 bits per heavy atom. The number of allylic oxidation sites excluding steroid dienone is 2. The minimum absolute atomic E-state index is 0.0554. The van der Waals surface area contributed by atoms with Crippen LogP contribution < -0.4 is 5.73 Å². The molecule has 0 aliphatic carbocycles. The first-order chi connectivity index (χ1) is 9.76. The van der Waals surface area contributed by atoms with Crippen molar-refractivity contribution in [2.75, 3.05) is 11.9 Å². The molecule has 2 aromatic heterocycles. The Balaban J connectivity index is 2.16. The van der Waals surface area contributed by atoms with Crippen molar-refractivity contribution in [2.45, 2.75) is 13.0 Å². The summed E-state index contributed by atoms with van der Waals surface area (Å²) in [5, 5.41) is 0.0714.